The average Bonchev–Trinajstić information content (AvgIpc) is 3.17. The number of amides is 1. The highest BCUT2D eigenvalue weighted by atomic mass is 16.5. The van der Waals surface area contributed by atoms with Crippen LogP contribution in [0.2, 0.25) is 0 Å². The van der Waals surface area contributed by atoms with Crippen molar-refractivity contribution < 1.29 is 9.53 Å². The largest absolute Gasteiger partial charge is 0.471 e. The highest BCUT2D eigenvalue weighted by molar-refractivity contribution is 5.91. The van der Waals surface area contributed by atoms with Crippen molar-refractivity contribution in [3.63, 3.8) is 0 Å². The first-order chi connectivity index (χ1) is 13.9. The molecule has 0 saturated carbocycles. The van der Waals surface area contributed by atoms with E-state index >= 15 is 0 Å². The van der Waals surface area contributed by atoms with Gasteiger partial charge in [0.25, 0.3) is 5.91 Å². The third-order valence-electron chi connectivity index (χ3n) is 5.81. The number of likely N-dealkylation sites (N-methyl/N-ethyl adjacent to an activating group) is 1. The molecule has 0 bridgehead atoms. The molecule has 0 N–H and O–H groups in total. The molecule has 1 amide bonds. The van der Waals surface area contributed by atoms with Gasteiger partial charge in [-0.15, -0.1) is 0 Å². The molecule has 0 aromatic carbocycles. The van der Waals surface area contributed by atoms with Crippen LogP contribution in [0.15, 0.2) is 24.4 Å². The van der Waals surface area contributed by atoms with Crippen LogP contribution in [-0.2, 0) is 0 Å². The molecule has 154 valence electrons. The summed E-state index contributed by atoms with van der Waals surface area (Å²) >= 11 is 0. The maximum Gasteiger partial charge on any atom is 0.292 e. The molecule has 2 aromatic heterocycles. The Labute approximate surface area is 171 Å². The number of hydrogen-bond acceptors (Lipinski definition) is 7. The van der Waals surface area contributed by atoms with Crippen LogP contribution >= 0.6 is 0 Å². The Kier molecular flexibility index (Phi) is 5.36. The summed E-state index contributed by atoms with van der Waals surface area (Å²) in [5, 5.41) is 0. The van der Waals surface area contributed by atoms with Crippen LogP contribution in [0, 0.1) is 13.8 Å². The molecule has 4 rings (SSSR count). The molecule has 8 heteroatoms. The number of hydrogen-bond donors (Lipinski definition) is 0. The van der Waals surface area contributed by atoms with Crippen molar-refractivity contribution in [1.82, 2.24) is 24.8 Å². The molecule has 2 aromatic rings. The van der Waals surface area contributed by atoms with E-state index in [2.05, 4.69) is 38.8 Å². The summed E-state index contributed by atoms with van der Waals surface area (Å²) in [5.41, 5.74) is 1.90. The SMILES string of the molecule is Cc1nc(C(=O)N2CC(Oc3ccccn3)C2)nc(N2CC[C@@H](N(C)C)C2)c1C. The van der Waals surface area contributed by atoms with Crippen molar-refractivity contribution in [1.29, 1.82) is 0 Å². The van der Waals surface area contributed by atoms with Crippen LogP contribution in [0.1, 0.15) is 28.3 Å². The summed E-state index contributed by atoms with van der Waals surface area (Å²) < 4.78 is 5.79. The first-order valence-corrected chi connectivity index (χ1v) is 10.1. The van der Waals surface area contributed by atoms with E-state index in [0.717, 1.165) is 36.6 Å². The fraction of sp³-hybridized carbons (Fsp3) is 0.524. The van der Waals surface area contributed by atoms with E-state index in [1.807, 2.05) is 32.0 Å². The Hall–Kier alpha value is -2.74. The van der Waals surface area contributed by atoms with Gasteiger partial charge in [0, 0.05) is 42.7 Å². The first-order valence-electron chi connectivity index (χ1n) is 10.1. The second-order valence-electron chi connectivity index (χ2n) is 8.05. The summed E-state index contributed by atoms with van der Waals surface area (Å²) in [7, 11) is 4.21. The second kappa shape index (κ2) is 7.94. The summed E-state index contributed by atoms with van der Waals surface area (Å²) in [6, 6.07) is 6.05. The number of pyridine rings is 1. The monoisotopic (exact) mass is 396 g/mol. The minimum atomic E-state index is -0.140. The lowest BCUT2D eigenvalue weighted by Gasteiger charge is -2.38. The number of aromatic nitrogens is 3. The Bertz CT molecular complexity index is 882. The van der Waals surface area contributed by atoms with Crippen molar-refractivity contribution in [3.05, 3.63) is 41.5 Å². The minimum Gasteiger partial charge on any atom is -0.471 e. The first kappa shape index (κ1) is 19.6. The number of ether oxygens (including phenoxy) is 1. The van der Waals surface area contributed by atoms with Crippen LogP contribution in [0.3, 0.4) is 0 Å². The molecule has 29 heavy (non-hydrogen) atoms. The van der Waals surface area contributed by atoms with Crippen LogP contribution in [0.25, 0.3) is 0 Å². The lowest BCUT2D eigenvalue weighted by atomic mass is 10.1. The fourth-order valence-corrected chi connectivity index (χ4v) is 3.78. The van der Waals surface area contributed by atoms with E-state index < -0.39 is 0 Å². The predicted molar refractivity (Wildman–Crippen MR) is 110 cm³/mol. The lowest BCUT2D eigenvalue weighted by Crippen LogP contribution is -2.56. The van der Waals surface area contributed by atoms with E-state index in [-0.39, 0.29) is 17.8 Å². The molecule has 2 fully saturated rings. The quantitative estimate of drug-likeness (QED) is 0.759. The van der Waals surface area contributed by atoms with E-state index in [0.29, 0.717) is 25.0 Å². The van der Waals surface area contributed by atoms with Crippen molar-refractivity contribution in [2.24, 2.45) is 0 Å². The molecule has 1 atom stereocenters. The summed E-state index contributed by atoms with van der Waals surface area (Å²) in [4.78, 5) is 32.5. The van der Waals surface area contributed by atoms with Gasteiger partial charge in [-0.3, -0.25) is 4.79 Å². The van der Waals surface area contributed by atoms with Crippen molar-refractivity contribution in [3.8, 4) is 5.88 Å². The minimum absolute atomic E-state index is 0.0423. The third kappa shape index (κ3) is 4.03. The molecular weight excluding hydrogens is 368 g/mol. The van der Waals surface area contributed by atoms with Crippen LogP contribution in [0.5, 0.6) is 5.88 Å². The van der Waals surface area contributed by atoms with Crippen molar-refractivity contribution in [2.45, 2.75) is 32.4 Å². The van der Waals surface area contributed by atoms with Gasteiger partial charge in [-0.1, -0.05) is 6.07 Å². The van der Waals surface area contributed by atoms with Gasteiger partial charge in [-0.25, -0.2) is 15.0 Å². The Morgan fingerprint density at radius 3 is 2.62 bits per heavy atom. The van der Waals surface area contributed by atoms with E-state index in [1.165, 1.54) is 0 Å². The topological polar surface area (TPSA) is 74.7 Å². The van der Waals surface area contributed by atoms with Gasteiger partial charge < -0.3 is 19.4 Å². The van der Waals surface area contributed by atoms with Crippen LogP contribution in [0.4, 0.5) is 5.82 Å². The number of carbonyl (C=O) groups is 1. The molecule has 2 saturated heterocycles. The van der Waals surface area contributed by atoms with Gasteiger partial charge in [0.05, 0.1) is 13.1 Å². The van der Waals surface area contributed by atoms with Gasteiger partial charge in [0.2, 0.25) is 11.7 Å². The predicted octanol–water partition coefficient (Wildman–Crippen LogP) is 1.53. The highest BCUT2D eigenvalue weighted by Gasteiger charge is 2.35. The summed E-state index contributed by atoms with van der Waals surface area (Å²) in [6.07, 6.45) is 2.75. The number of likely N-dealkylation sites (tertiary alicyclic amines) is 1. The van der Waals surface area contributed by atoms with E-state index in [9.17, 15) is 4.79 Å². The van der Waals surface area contributed by atoms with Gasteiger partial charge in [0.15, 0.2) is 0 Å². The lowest BCUT2D eigenvalue weighted by molar-refractivity contribution is 0.0151. The van der Waals surface area contributed by atoms with Crippen molar-refractivity contribution in [2.75, 3.05) is 45.2 Å². The Balaban J connectivity index is 1.44. The van der Waals surface area contributed by atoms with Crippen LogP contribution < -0.4 is 9.64 Å². The van der Waals surface area contributed by atoms with Crippen molar-refractivity contribution >= 4 is 11.7 Å². The average molecular weight is 396 g/mol. The molecule has 4 heterocycles. The maximum atomic E-state index is 12.9. The summed E-state index contributed by atoms with van der Waals surface area (Å²) in [5.74, 6) is 1.59. The normalized spacial score (nSPS) is 19.6. The van der Waals surface area contributed by atoms with E-state index in [4.69, 9.17) is 4.74 Å². The standard InChI is InChI=1S/C21H28N6O2/c1-14-15(2)23-19(24-20(14)26-10-8-16(11-26)25(3)4)21(28)27-12-17(13-27)29-18-7-5-6-9-22-18/h5-7,9,16-17H,8,10-13H2,1-4H3/t16-/m1/s1. The molecule has 2 aliphatic rings. The van der Waals surface area contributed by atoms with E-state index in [1.54, 1.807) is 11.1 Å². The zero-order valence-corrected chi connectivity index (χ0v) is 17.5. The zero-order valence-electron chi connectivity index (χ0n) is 17.5. The molecule has 0 aliphatic carbocycles. The maximum absolute atomic E-state index is 12.9. The number of carbonyl (C=O) groups excluding carboxylic acids is 1. The van der Waals surface area contributed by atoms with Gasteiger partial charge in [-0.05, 0) is 40.4 Å². The van der Waals surface area contributed by atoms with Gasteiger partial charge in [0.1, 0.15) is 11.9 Å². The number of rotatable bonds is 5. The zero-order chi connectivity index (χ0) is 20.5. The molecule has 0 spiro atoms. The molecule has 0 unspecified atom stereocenters. The number of nitrogens with zero attached hydrogens (tertiary/aromatic N) is 6. The Morgan fingerprint density at radius 2 is 1.97 bits per heavy atom. The highest BCUT2D eigenvalue weighted by Crippen LogP contribution is 2.26. The molecule has 8 nitrogen and oxygen atoms in total. The summed E-state index contributed by atoms with van der Waals surface area (Å²) in [6.45, 7) is 6.88. The van der Waals surface area contributed by atoms with Crippen LogP contribution in [-0.4, -0.2) is 83.1 Å². The number of anilines is 1. The Morgan fingerprint density at radius 1 is 1.17 bits per heavy atom. The smallest absolute Gasteiger partial charge is 0.292 e. The third-order valence-corrected chi connectivity index (χ3v) is 5.81. The fourth-order valence-electron chi connectivity index (χ4n) is 3.78. The van der Waals surface area contributed by atoms with Gasteiger partial charge in [-0.2, -0.15) is 0 Å². The molecule has 0 radical (unpaired) electrons. The number of aryl methyl sites for hydroxylation is 1. The molecular formula is C21H28N6O2. The van der Waals surface area contributed by atoms with Gasteiger partial charge >= 0.3 is 0 Å². The second-order valence-corrected chi connectivity index (χ2v) is 8.05. The molecule has 2 aliphatic heterocycles.